The third-order valence-corrected chi connectivity index (χ3v) is 9.28. The van der Waals surface area contributed by atoms with Gasteiger partial charge >= 0.3 is 11.9 Å². The zero-order valence-corrected chi connectivity index (χ0v) is 25.4. The maximum Gasteiger partial charge on any atom is 0.358 e. The Labute approximate surface area is 246 Å². The standard InChI is InChI=1S/C23H26N6O7S4/c1-11(36-21(33)23(2,3)4)35-20(32)16-12(7-39-22-24-9-26-40-22)6-38-19-15(18(31)29(16)19)27-17(30)14(28-34-5)13-8-37-10-25-13/h8-11,15,19H,6-7H2,1-5H3,(H,27,30)/b28-14-/t11?,15?,19-/m1/s1. The van der Waals surface area contributed by atoms with Crippen LogP contribution >= 0.6 is 46.4 Å². The lowest BCUT2D eigenvalue weighted by atomic mass is 9.97. The monoisotopic (exact) mass is 626 g/mol. The second-order valence-electron chi connectivity index (χ2n) is 9.43. The number of fused-ring (bicyclic) bond motifs is 1. The van der Waals surface area contributed by atoms with E-state index in [0.717, 1.165) is 0 Å². The molecule has 17 heteroatoms. The van der Waals surface area contributed by atoms with Gasteiger partial charge in [-0.3, -0.25) is 19.3 Å². The van der Waals surface area contributed by atoms with Crippen molar-refractivity contribution in [2.24, 2.45) is 10.6 Å². The topological polar surface area (TPSA) is 162 Å². The zero-order chi connectivity index (χ0) is 29.0. The van der Waals surface area contributed by atoms with Crippen LogP contribution in [0.25, 0.3) is 0 Å². The lowest BCUT2D eigenvalue weighted by molar-refractivity contribution is -0.190. The Bertz CT molecular complexity index is 1320. The SMILES string of the molecule is CO/N=C(\C(=O)NC1C(=O)N2C(C(=O)OC(C)OC(=O)C(C)(C)C)=C(CSc3ncns3)CS[C@H]12)c1cscn1. The Morgan fingerprint density at radius 3 is 2.67 bits per heavy atom. The van der Waals surface area contributed by atoms with Crippen LogP contribution < -0.4 is 5.32 Å². The number of β-lactam (4-membered cyclic amide) rings is 1. The van der Waals surface area contributed by atoms with Crippen molar-refractivity contribution in [2.75, 3.05) is 18.6 Å². The molecule has 0 aromatic carbocycles. The largest absolute Gasteiger partial charge is 0.425 e. The lowest BCUT2D eigenvalue weighted by Crippen LogP contribution is -2.71. The average molecular weight is 627 g/mol. The molecule has 0 radical (unpaired) electrons. The molecule has 4 rings (SSSR count). The van der Waals surface area contributed by atoms with Gasteiger partial charge in [0.15, 0.2) is 10.1 Å². The van der Waals surface area contributed by atoms with E-state index >= 15 is 0 Å². The molecular formula is C23H26N6O7S4. The molecule has 0 spiro atoms. The number of carbonyl (C=O) groups is 4. The number of oxime groups is 1. The summed E-state index contributed by atoms with van der Waals surface area (Å²) in [6, 6.07) is -0.922. The molecule has 0 aliphatic carbocycles. The van der Waals surface area contributed by atoms with Crippen LogP contribution in [0.3, 0.4) is 0 Å². The van der Waals surface area contributed by atoms with E-state index in [1.807, 2.05) is 0 Å². The molecule has 1 fully saturated rings. The van der Waals surface area contributed by atoms with Gasteiger partial charge < -0.3 is 19.6 Å². The first-order valence-corrected chi connectivity index (χ1v) is 15.5. The molecule has 0 saturated carbocycles. The van der Waals surface area contributed by atoms with Crippen LogP contribution in [-0.4, -0.2) is 85.0 Å². The molecule has 2 aromatic rings. The number of esters is 2. The Kier molecular flexibility index (Phi) is 9.48. The van der Waals surface area contributed by atoms with Gasteiger partial charge in [0.05, 0.1) is 10.9 Å². The van der Waals surface area contributed by atoms with Crippen LogP contribution in [0.1, 0.15) is 33.4 Å². The second kappa shape index (κ2) is 12.7. The second-order valence-corrected chi connectivity index (χ2v) is 13.3. The predicted molar refractivity (Wildman–Crippen MR) is 149 cm³/mol. The highest BCUT2D eigenvalue weighted by Crippen LogP contribution is 2.42. The molecule has 214 valence electrons. The third-order valence-electron chi connectivity index (χ3n) is 5.47. The van der Waals surface area contributed by atoms with Gasteiger partial charge in [-0.05, 0) is 37.9 Å². The smallest absolute Gasteiger partial charge is 0.358 e. The minimum atomic E-state index is -1.19. The summed E-state index contributed by atoms with van der Waals surface area (Å²) in [5.41, 5.74) is 1.68. The number of amides is 2. The van der Waals surface area contributed by atoms with Crippen LogP contribution in [0.5, 0.6) is 0 Å². The molecule has 40 heavy (non-hydrogen) atoms. The summed E-state index contributed by atoms with van der Waals surface area (Å²) in [7, 11) is 1.30. The van der Waals surface area contributed by atoms with E-state index in [-0.39, 0.29) is 11.4 Å². The number of carbonyl (C=O) groups excluding carboxylic acids is 4. The van der Waals surface area contributed by atoms with Crippen molar-refractivity contribution >= 4 is 75.9 Å². The molecule has 2 amide bonds. The molecule has 3 atom stereocenters. The van der Waals surface area contributed by atoms with Crippen LogP contribution in [0, 0.1) is 5.41 Å². The van der Waals surface area contributed by atoms with E-state index in [9.17, 15) is 19.2 Å². The Morgan fingerprint density at radius 2 is 2.05 bits per heavy atom. The summed E-state index contributed by atoms with van der Waals surface area (Å²) in [6.45, 7) is 6.48. The van der Waals surface area contributed by atoms with Gasteiger partial charge in [-0.1, -0.05) is 16.9 Å². The van der Waals surface area contributed by atoms with E-state index in [1.165, 1.54) is 71.7 Å². The molecule has 1 N–H and O–H groups in total. The van der Waals surface area contributed by atoms with E-state index < -0.39 is 46.9 Å². The highest BCUT2D eigenvalue weighted by Gasteiger charge is 2.55. The fraction of sp³-hybridized carbons (Fsp3) is 0.478. The maximum absolute atomic E-state index is 13.4. The Morgan fingerprint density at radius 1 is 1.27 bits per heavy atom. The Hall–Kier alpha value is -3.02. The fourth-order valence-corrected chi connectivity index (χ4v) is 7.02. The number of thiazole rings is 1. The first kappa shape index (κ1) is 30.0. The molecule has 2 aliphatic heterocycles. The van der Waals surface area contributed by atoms with Crippen molar-refractivity contribution in [3.63, 3.8) is 0 Å². The average Bonchev–Trinajstić information content (AvgIpc) is 3.62. The first-order chi connectivity index (χ1) is 19.0. The van der Waals surface area contributed by atoms with E-state index in [4.69, 9.17) is 14.3 Å². The van der Waals surface area contributed by atoms with Crippen LogP contribution in [0.2, 0.25) is 0 Å². The van der Waals surface area contributed by atoms with Gasteiger partial charge in [0.25, 0.3) is 11.8 Å². The van der Waals surface area contributed by atoms with Gasteiger partial charge in [-0.25, -0.2) is 14.8 Å². The zero-order valence-electron chi connectivity index (χ0n) is 22.1. The highest BCUT2D eigenvalue weighted by molar-refractivity contribution is 8.01. The fourth-order valence-electron chi connectivity index (χ4n) is 3.55. The normalized spacial score (nSPS) is 19.9. The molecule has 1 saturated heterocycles. The minimum absolute atomic E-state index is 0.0557. The first-order valence-electron chi connectivity index (χ1n) is 11.8. The number of ether oxygens (including phenoxy) is 2. The molecule has 4 heterocycles. The van der Waals surface area contributed by atoms with Gasteiger partial charge in [0.2, 0.25) is 6.29 Å². The van der Waals surface area contributed by atoms with Crippen molar-refractivity contribution in [3.05, 3.63) is 34.2 Å². The quantitative estimate of drug-likeness (QED) is 0.102. The number of hydrogen-bond donors (Lipinski definition) is 1. The number of aromatic nitrogens is 3. The number of hydrogen-bond acceptors (Lipinski definition) is 15. The third kappa shape index (κ3) is 6.64. The van der Waals surface area contributed by atoms with Crippen molar-refractivity contribution in [1.29, 1.82) is 0 Å². The van der Waals surface area contributed by atoms with Gasteiger partial charge in [0.1, 0.15) is 36.2 Å². The summed E-state index contributed by atoms with van der Waals surface area (Å²) in [5, 5.41) is 7.52. The highest BCUT2D eigenvalue weighted by atomic mass is 32.2. The summed E-state index contributed by atoms with van der Waals surface area (Å²) < 4.78 is 15.4. The number of nitrogens with one attached hydrogen (secondary N) is 1. The van der Waals surface area contributed by atoms with Gasteiger partial charge in [-0.15, -0.1) is 23.1 Å². The summed E-state index contributed by atoms with van der Waals surface area (Å²) in [4.78, 5) is 66.3. The molecule has 0 bridgehead atoms. The minimum Gasteiger partial charge on any atom is -0.425 e. The van der Waals surface area contributed by atoms with Crippen molar-refractivity contribution in [3.8, 4) is 0 Å². The van der Waals surface area contributed by atoms with Crippen molar-refractivity contribution in [1.82, 2.24) is 24.6 Å². The lowest BCUT2D eigenvalue weighted by Gasteiger charge is -2.49. The van der Waals surface area contributed by atoms with E-state index in [2.05, 4.69) is 24.8 Å². The van der Waals surface area contributed by atoms with Crippen molar-refractivity contribution in [2.45, 2.75) is 49.7 Å². The molecule has 2 unspecified atom stereocenters. The number of rotatable bonds is 10. The van der Waals surface area contributed by atoms with Crippen LogP contribution in [0.4, 0.5) is 0 Å². The Balaban J connectivity index is 1.53. The van der Waals surface area contributed by atoms with Crippen molar-refractivity contribution < 1.29 is 33.5 Å². The van der Waals surface area contributed by atoms with Crippen LogP contribution in [-0.2, 0) is 33.5 Å². The summed E-state index contributed by atoms with van der Waals surface area (Å²) >= 11 is 5.26. The molecule has 2 aliphatic rings. The predicted octanol–water partition coefficient (Wildman–Crippen LogP) is 2.27. The summed E-state index contributed by atoms with van der Waals surface area (Å²) in [6.07, 6.45) is 0.251. The van der Waals surface area contributed by atoms with Crippen LogP contribution in [0.15, 0.2) is 38.0 Å². The van der Waals surface area contributed by atoms with E-state index in [1.54, 1.807) is 31.7 Å². The summed E-state index contributed by atoms with van der Waals surface area (Å²) in [5.74, 6) is -1.75. The number of thioether (sulfide) groups is 2. The maximum atomic E-state index is 13.4. The van der Waals surface area contributed by atoms with Gasteiger partial charge in [-0.2, -0.15) is 4.37 Å². The number of nitrogens with zero attached hydrogens (tertiary/aromatic N) is 5. The molecule has 2 aromatic heterocycles. The molecular weight excluding hydrogens is 601 g/mol. The molecule has 13 nitrogen and oxygen atoms in total. The van der Waals surface area contributed by atoms with E-state index in [0.29, 0.717) is 27.1 Å². The van der Waals surface area contributed by atoms with Gasteiger partial charge in [0, 0.05) is 23.8 Å².